The minimum Gasteiger partial charge on any atom is -0.449 e. The van der Waals surface area contributed by atoms with Crippen molar-refractivity contribution in [3.05, 3.63) is 29.8 Å². The van der Waals surface area contributed by atoms with Crippen LogP contribution >= 0.6 is 0 Å². The lowest BCUT2D eigenvalue weighted by atomic mass is 9.97. The van der Waals surface area contributed by atoms with Crippen LogP contribution in [0, 0.1) is 0 Å². The van der Waals surface area contributed by atoms with Crippen LogP contribution in [-0.4, -0.2) is 40.9 Å². The lowest BCUT2D eigenvalue weighted by molar-refractivity contribution is -0.146. The Hall–Kier alpha value is -2.37. The van der Waals surface area contributed by atoms with E-state index in [0.717, 1.165) is 19.3 Å². The Labute approximate surface area is 148 Å². The number of anilines is 1. The number of nitrogens with one attached hydrogen (secondary N) is 1. The first-order valence-electron chi connectivity index (χ1n) is 8.70. The van der Waals surface area contributed by atoms with Crippen LogP contribution < -0.4 is 5.32 Å². The summed E-state index contributed by atoms with van der Waals surface area (Å²) in [5.74, 6) is -0.960. The monoisotopic (exact) mass is 346 g/mol. The second-order valence-corrected chi connectivity index (χ2v) is 6.68. The molecule has 136 valence electrons. The molecular weight excluding hydrogens is 320 g/mol. The molecule has 2 amide bonds. The fourth-order valence-corrected chi connectivity index (χ4v) is 3.27. The van der Waals surface area contributed by atoms with Gasteiger partial charge in [0.2, 0.25) is 5.91 Å². The molecule has 1 aromatic carbocycles. The van der Waals surface area contributed by atoms with Crippen LogP contribution in [0.4, 0.5) is 5.69 Å². The predicted octanol–water partition coefficient (Wildman–Crippen LogP) is 2.98. The maximum atomic E-state index is 12.7. The van der Waals surface area contributed by atoms with E-state index in [1.807, 2.05) is 18.7 Å². The zero-order valence-electron chi connectivity index (χ0n) is 15.2. The molecule has 0 radical (unpaired) electrons. The normalized spacial score (nSPS) is 21.4. The van der Waals surface area contributed by atoms with E-state index >= 15 is 0 Å². The molecule has 0 bridgehead atoms. The zero-order chi connectivity index (χ0) is 18.6. The van der Waals surface area contributed by atoms with Crippen LogP contribution in [0.2, 0.25) is 0 Å². The maximum Gasteiger partial charge on any atom is 0.338 e. The number of carbonyl (C=O) groups excluding carboxylic acids is 3. The molecule has 1 aliphatic rings. The standard InChI is InChI=1S/C19H26N2O4/c1-12-7-5-8-13(2)21(12)18(23)14(3)25-19(24)16-9-6-10-17(11-16)20-15(4)22/h6,9-14H,5,7-8H2,1-4H3,(H,20,22)/t12-,13+,14-/m1/s1. The number of nitrogens with zero attached hydrogens (tertiary/aromatic N) is 1. The summed E-state index contributed by atoms with van der Waals surface area (Å²) in [5.41, 5.74) is 0.810. The average Bonchev–Trinajstić information content (AvgIpc) is 2.54. The minimum absolute atomic E-state index is 0.153. The Morgan fingerprint density at radius 1 is 1.20 bits per heavy atom. The van der Waals surface area contributed by atoms with Crippen molar-refractivity contribution in [1.82, 2.24) is 4.90 Å². The van der Waals surface area contributed by atoms with Crippen molar-refractivity contribution >= 4 is 23.5 Å². The molecule has 1 saturated heterocycles. The summed E-state index contributed by atoms with van der Waals surface area (Å²) in [7, 11) is 0. The highest BCUT2D eigenvalue weighted by atomic mass is 16.5. The number of carbonyl (C=O) groups is 3. The van der Waals surface area contributed by atoms with Gasteiger partial charge >= 0.3 is 5.97 Å². The Morgan fingerprint density at radius 2 is 1.84 bits per heavy atom. The predicted molar refractivity (Wildman–Crippen MR) is 95.2 cm³/mol. The Morgan fingerprint density at radius 3 is 2.44 bits per heavy atom. The van der Waals surface area contributed by atoms with Crippen molar-refractivity contribution < 1.29 is 19.1 Å². The number of esters is 1. The number of likely N-dealkylation sites (tertiary alicyclic amines) is 1. The number of rotatable bonds is 4. The number of hydrogen-bond acceptors (Lipinski definition) is 4. The second kappa shape index (κ2) is 8.14. The van der Waals surface area contributed by atoms with Crippen LogP contribution in [-0.2, 0) is 14.3 Å². The van der Waals surface area contributed by atoms with E-state index in [4.69, 9.17) is 4.74 Å². The number of piperidine rings is 1. The van der Waals surface area contributed by atoms with Gasteiger partial charge in [-0.25, -0.2) is 4.79 Å². The van der Waals surface area contributed by atoms with E-state index in [1.165, 1.54) is 13.0 Å². The summed E-state index contributed by atoms with van der Waals surface area (Å²) in [5, 5.41) is 2.62. The second-order valence-electron chi connectivity index (χ2n) is 6.68. The van der Waals surface area contributed by atoms with E-state index in [2.05, 4.69) is 5.32 Å². The molecule has 0 spiro atoms. The molecule has 6 heteroatoms. The largest absolute Gasteiger partial charge is 0.449 e. The molecule has 0 aromatic heterocycles. The summed E-state index contributed by atoms with van der Waals surface area (Å²) >= 11 is 0. The summed E-state index contributed by atoms with van der Waals surface area (Å²) in [6.07, 6.45) is 2.20. The van der Waals surface area contributed by atoms with E-state index in [-0.39, 0.29) is 23.9 Å². The third-order valence-electron chi connectivity index (χ3n) is 4.50. The molecule has 0 saturated carbocycles. The summed E-state index contributed by atoms with van der Waals surface area (Å²) < 4.78 is 5.37. The third-order valence-corrected chi connectivity index (χ3v) is 4.50. The van der Waals surface area contributed by atoms with Gasteiger partial charge in [-0.1, -0.05) is 6.07 Å². The van der Waals surface area contributed by atoms with Crippen molar-refractivity contribution in [2.75, 3.05) is 5.32 Å². The molecule has 0 aliphatic carbocycles. The van der Waals surface area contributed by atoms with Gasteiger partial charge in [-0.05, 0) is 58.2 Å². The number of amides is 2. The molecule has 3 atom stereocenters. The van der Waals surface area contributed by atoms with Crippen LogP contribution in [0.5, 0.6) is 0 Å². The van der Waals surface area contributed by atoms with Crippen LogP contribution in [0.25, 0.3) is 0 Å². The van der Waals surface area contributed by atoms with Gasteiger partial charge in [0.25, 0.3) is 5.91 Å². The first-order chi connectivity index (χ1) is 11.8. The van der Waals surface area contributed by atoms with Gasteiger partial charge in [0.05, 0.1) is 5.56 Å². The van der Waals surface area contributed by atoms with Gasteiger partial charge in [0.15, 0.2) is 6.10 Å². The van der Waals surface area contributed by atoms with Gasteiger partial charge in [-0.3, -0.25) is 9.59 Å². The Kier molecular flexibility index (Phi) is 6.17. The smallest absolute Gasteiger partial charge is 0.338 e. The molecule has 1 N–H and O–H groups in total. The molecule has 2 rings (SSSR count). The van der Waals surface area contributed by atoms with E-state index < -0.39 is 12.1 Å². The Balaban J connectivity index is 2.04. The molecule has 1 aromatic rings. The van der Waals surface area contributed by atoms with Gasteiger partial charge in [0, 0.05) is 24.7 Å². The molecule has 0 unspecified atom stereocenters. The van der Waals surface area contributed by atoms with E-state index in [1.54, 1.807) is 25.1 Å². The Bertz CT molecular complexity index is 649. The molecule has 25 heavy (non-hydrogen) atoms. The summed E-state index contributed by atoms with van der Waals surface area (Å²) in [4.78, 5) is 38.0. The highest BCUT2D eigenvalue weighted by Crippen LogP contribution is 2.24. The SMILES string of the molecule is CC(=O)Nc1cccc(C(=O)O[C@H](C)C(=O)N2[C@H](C)CCC[C@@H]2C)c1. The van der Waals surface area contributed by atoms with Crippen LogP contribution in [0.1, 0.15) is 57.3 Å². The van der Waals surface area contributed by atoms with Crippen LogP contribution in [0.3, 0.4) is 0 Å². The molecule has 1 aliphatic heterocycles. The number of hydrogen-bond donors (Lipinski definition) is 1. The van der Waals surface area contributed by atoms with Gasteiger partial charge < -0.3 is 15.0 Å². The molecular formula is C19H26N2O4. The molecule has 6 nitrogen and oxygen atoms in total. The fraction of sp³-hybridized carbons (Fsp3) is 0.526. The number of ether oxygens (including phenoxy) is 1. The maximum absolute atomic E-state index is 12.7. The highest BCUT2D eigenvalue weighted by molar-refractivity contribution is 5.95. The quantitative estimate of drug-likeness (QED) is 0.851. The average molecular weight is 346 g/mol. The summed E-state index contributed by atoms with van der Waals surface area (Å²) in [6.45, 7) is 7.05. The van der Waals surface area contributed by atoms with Gasteiger partial charge in [-0.2, -0.15) is 0 Å². The third kappa shape index (κ3) is 4.81. The molecule has 1 fully saturated rings. The lowest BCUT2D eigenvalue weighted by Gasteiger charge is -2.40. The fourth-order valence-electron chi connectivity index (χ4n) is 3.27. The molecule has 1 heterocycles. The van der Waals surface area contributed by atoms with Crippen LogP contribution in [0.15, 0.2) is 24.3 Å². The van der Waals surface area contributed by atoms with E-state index in [0.29, 0.717) is 11.3 Å². The first kappa shape index (κ1) is 19.0. The van der Waals surface area contributed by atoms with E-state index in [9.17, 15) is 14.4 Å². The summed E-state index contributed by atoms with van der Waals surface area (Å²) in [6, 6.07) is 6.78. The van der Waals surface area contributed by atoms with Crippen molar-refractivity contribution in [2.45, 2.75) is 65.1 Å². The van der Waals surface area contributed by atoms with Crippen molar-refractivity contribution in [3.8, 4) is 0 Å². The zero-order valence-corrected chi connectivity index (χ0v) is 15.2. The van der Waals surface area contributed by atoms with Crippen molar-refractivity contribution in [1.29, 1.82) is 0 Å². The highest BCUT2D eigenvalue weighted by Gasteiger charge is 2.33. The minimum atomic E-state index is -0.847. The van der Waals surface area contributed by atoms with Gasteiger partial charge in [-0.15, -0.1) is 0 Å². The van der Waals surface area contributed by atoms with Crippen molar-refractivity contribution in [2.24, 2.45) is 0 Å². The topological polar surface area (TPSA) is 75.7 Å². The van der Waals surface area contributed by atoms with Gasteiger partial charge in [0.1, 0.15) is 0 Å². The van der Waals surface area contributed by atoms with Crippen molar-refractivity contribution in [3.63, 3.8) is 0 Å². The number of benzene rings is 1. The first-order valence-corrected chi connectivity index (χ1v) is 8.70. The lowest BCUT2D eigenvalue weighted by Crippen LogP contribution is -2.51.